The fraction of sp³-hybridized carbons (Fsp3) is 0.278. The lowest BCUT2D eigenvalue weighted by molar-refractivity contribution is -0.117. The maximum atomic E-state index is 13.9. The van der Waals surface area contributed by atoms with E-state index in [1.54, 1.807) is 18.2 Å². The molecule has 2 N–H and O–H groups in total. The first-order valence-electron chi connectivity index (χ1n) is 8.46. The van der Waals surface area contributed by atoms with Crippen LogP contribution < -0.4 is 10.9 Å². The fourth-order valence-electron chi connectivity index (χ4n) is 2.50. The van der Waals surface area contributed by atoms with Crippen LogP contribution in [0.5, 0.6) is 0 Å². The molecule has 0 radical (unpaired) electrons. The molecule has 140 valence electrons. The molecule has 8 nitrogen and oxygen atoms in total. The van der Waals surface area contributed by atoms with Crippen molar-refractivity contribution in [2.24, 2.45) is 5.92 Å². The van der Waals surface area contributed by atoms with Gasteiger partial charge in [0, 0.05) is 18.1 Å². The number of hydrogen-bond donors (Lipinski definition) is 2. The Hall–Kier alpha value is -3.36. The molecule has 1 aromatic carbocycles. The third-order valence-electron chi connectivity index (χ3n) is 3.69. The van der Waals surface area contributed by atoms with Crippen LogP contribution in [-0.4, -0.2) is 30.9 Å². The highest BCUT2D eigenvalue weighted by atomic mass is 19.1. The number of carbonyl (C=O) groups is 1. The molecule has 0 atom stereocenters. The molecule has 2 aromatic heterocycles. The molecule has 0 fully saturated rings. The van der Waals surface area contributed by atoms with E-state index in [1.807, 2.05) is 13.8 Å². The molecule has 0 bridgehead atoms. The van der Waals surface area contributed by atoms with E-state index in [1.165, 1.54) is 18.2 Å². The van der Waals surface area contributed by atoms with Crippen LogP contribution in [0.2, 0.25) is 0 Å². The Morgan fingerprint density at radius 3 is 2.78 bits per heavy atom. The van der Waals surface area contributed by atoms with Crippen molar-refractivity contribution in [3.63, 3.8) is 0 Å². The first kappa shape index (κ1) is 18.4. The Morgan fingerprint density at radius 1 is 1.26 bits per heavy atom. The van der Waals surface area contributed by atoms with Gasteiger partial charge in [-0.1, -0.05) is 26.0 Å². The fourth-order valence-corrected chi connectivity index (χ4v) is 2.50. The van der Waals surface area contributed by atoms with Crippen molar-refractivity contribution in [3.05, 3.63) is 58.4 Å². The molecule has 0 spiro atoms. The van der Waals surface area contributed by atoms with Crippen molar-refractivity contribution in [2.75, 3.05) is 5.32 Å². The number of halogens is 1. The topological polar surface area (TPSA) is 106 Å². The lowest BCUT2D eigenvalue weighted by Crippen LogP contribution is -2.29. The first-order valence-corrected chi connectivity index (χ1v) is 8.46. The van der Waals surface area contributed by atoms with Crippen LogP contribution in [0.1, 0.15) is 19.7 Å². The molecule has 0 saturated heterocycles. The van der Waals surface area contributed by atoms with E-state index in [0.29, 0.717) is 18.2 Å². The Labute approximate surface area is 154 Å². The molecule has 27 heavy (non-hydrogen) atoms. The molecular formula is C18H19FN6O2. The molecule has 0 aliphatic carbocycles. The average molecular weight is 370 g/mol. The number of aromatic nitrogens is 5. The number of H-pyrrole nitrogens is 1. The minimum atomic E-state index is -0.509. The Balaban J connectivity index is 1.74. The van der Waals surface area contributed by atoms with E-state index in [2.05, 4.69) is 25.6 Å². The maximum Gasteiger partial charge on any atom is 0.267 e. The van der Waals surface area contributed by atoms with Gasteiger partial charge in [0.25, 0.3) is 5.56 Å². The monoisotopic (exact) mass is 370 g/mol. The minimum absolute atomic E-state index is 0.133. The van der Waals surface area contributed by atoms with E-state index < -0.39 is 17.3 Å². The van der Waals surface area contributed by atoms with Crippen molar-refractivity contribution in [1.82, 2.24) is 25.0 Å². The number of amides is 1. The highest BCUT2D eigenvalue weighted by molar-refractivity contribution is 5.88. The first-order chi connectivity index (χ1) is 12.9. The summed E-state index contributed by atoms with van der Waals surface area (Å²) in [7, 11) is 0. The Kier molecular flexibility index (Phi) is 5.39. The zero-order chi connectivity index (χ0) is 19.4. The minimum Gasteiger partial charge on any atom is -0.292 e. The maximum absolute atomic E-state index is 13.9. The number of nitrogens with one attached hydrogen (secondary N) is 2. The van der Waals surface area contributed by atoms with Crippen molar-refractivity contribution in [3.8, 4) is 11.3 Å². The van der Waals surface area contributed by atoms with Crippen LogP contribution >= 0.6 is 0 Å². The van der Waals surface area contributed by atoms with E-state index in [0.717, 1.165) is 4.68 Å². The van der Waals surface area contributed by atoms with Crippen LogP contribution in [-0.2, 0) is 17.8 Å². The molecule has 2 heterocycles. The van der Waals surface area contributed by atoms with Gasteiger partial charge in [0.2, 0.25) is 11.9 Å². The summed E-state index contributed by atoms with van der Waals surface area (Å²) in [6, 6.07) is 8.75. The lowest BCUT2D eigenvalue weighted by Gasteiger charge is -2.07. The number of aromatic amines is 1. The second kappa shape index (κ2) is 7.90. The average Bonchev–Trinajstić information content (AvgIpc) is 3.03. The highest BCUT2D eigenvalue weighted by Gasteiger charge is 2.12. The van der Waals surface area contributed by atoms with Crippen LogP contribution in [0.3, 0.4) is 0 Å². The zero-order valence-corrected chi connectivity index (χ0v) is 14.9. The third kappa shape index (κ3) is 4.63. The van der Waals surface area contributed by atoms with E-state index in [9.17, 15) is 14.0 Å². The van der Waals surface area contributed by atoms with Crippen molar-refractivity contribution in [1.29, 1.82) is 0 Å². The van der Waals surface area contributed by atoms with Gasteiger partial charge in [-0.05, 0) is 24.1 Å². The lowest BCUT2D eigenvalue weighted by atomic mass is 10.1. The number of anilines is 1. The molecular weight excluding hydrogens is 351 g/mol. The largest absolute Gasteiger partial charge is 0.292 e. The number of benzene rings is 1. The molecule has 1 amide bonds. The van der Waals surface area contributed by atoms with Gasteiger partial charge < -0.3 is 0 Å². The quantitative estimate of drug-likeness (QED) is 0.690. The predicted octanol–water partition coefficient (Wildman–Crippen LogP) is 2.00. The number of nitrogens with zero attached hydrogens (tertiary/aromatic N) is 4. The molecule has 0 aliphatic rings. The number of rotatable bonds is 6. The zero-order valence-electron chi connectivity index (χ0n) is 14.9. The van der Waals surface area contributed by atoms with Crippen molar-refractivity contribution in [2.45, 2.75) is 26.8 Å². The van der Waals surface area contributed by atoms with E-state index >= 15 is 0 Å². The van der Waals surface area contributed by atoms with Crippen LogP contribution in [0.25, 0.3) is 11.3 Å². The number of carbonyl (C=O) groups excluding carboxylic acids is 1. The Bertz CT molecular complexity index is 1010. The van der Waals surface area contributed by atoms with Gasteiger partial charge in [-0.15, -0.1) is 5.10 Å². The normalized spacial score (nSPS) is 11.0. The van der Waals surface area contributed by atoms with E-state index in [4.69, 9.17) is 0 Å². The summed E-state index contributed by atoms with van der Waals surface area (Å²) < 4.78 is 14.9. The SMILES string of the molecule is CC(C)Cc1nc(NC(=O)Cn2nc(-c3ccccc3F)ccc2=O)n[nH]1. The number of hydrogen-bond acceptors (Lipinski definition) is 5. The molecule has 9 heteroatoms. The molecule has 0 unspecified atom stereocenters. The summed E-state index contributed by atoms with van der Waals surface area (Å²) in [5, 5.41) is 13.3. The Morgan fingerprint density at radius 2 is 2.04 bits per heavy atom. The molecule has 3 aromatic rings. The highest BCUT2D eigenvalue weighted by Crippen LogP contribution is 2.18. The standard InChI is InChI=1S/C18H19FN6O2/c1-11(2)9-15-20-18(23-22-15)21-16(26)10-25-17(27)8-7-14(24-25)12-5-3-4-6-13(12)19/h3-8,11H,9-10H2,1-2H3,(H2,20,21,22,23,26). The summed E-state index contributed by atoms with van der Waals surface area (Å²) in [5.74, 6) is 0.222. The van der Waals surface area contributed by atoms with Gasteiger partial charge in [0.1, 0.15) is 18.2 Å². The molecule has 0 aliphatic heterocycles. The smallest absolute Gasteiger partial charge is 0.267 e. The van der Waals surface area contributed by atoms with Gasteiger partial charge in [0.05, 0.1) is 5.69 Å². The van der Waals surface area contributed by atoms with Gasteiger partial charge in [0.15, 0.2) is 0 Å². The summed E-state index contributed by atoms with van der Waals surface area (Å²) in [6.07, 6.45) is 0.703. The second-order valence-electron chi connectivity index (χ2n) is 6.45. The van der Waals surface area contributed by atoms with Crippen LogP contribution in [0, 0.1) is 11.7 Å². The van der Waals surface area contributed by atoms with Gasteiger partial charge >= 0.3 is 0 Å². The van der Waals surface area contributed by atoms with E-state index in [-0.39, 0.29) is 23.8 Å². The van der Waals surface area contributed by atoms with Crippen molar-refractivity contribution >= 4 is 11.9 Å². The van der Waals surface area contributed by atoms with Gasteiger partial charge in [-0.3, -0.25) is 20.0 Å². The van der Waals surface area contributed by atoms with Crippen LogP contribution in [0.15, 0.2) is 41.2 Å². The summed E-state index contributed by atoms with van der Waals surface area (Å²) in [5.41, 5.74) is 0.0392. The summed E-state index contributed by atoms with van der Waals surface area (Å²) >= 11 is 0. The third-order valence-corrected chi connectivity index (χ3v) is 3.69. The predicted molar refractivity (Wildman–Crippen MR) is 97.4 cm³/mol. The summed E-state index contributed by atoms with van der Waals surface area (Å²) in [4.78, 5) is 28.4. The molecule has 3 rings (SSSR count). The summed E-state index contributed by atoms with van der Waals surface area (Å²) in [6.45, 7) is 3.75. The molecule has 0 saturated carbocycles. The van der Waals surface area contributed by atoms with Crippen LogP contribution in [0.4, 0.5) is 10.3 Å². The second-order valence-corrected chi connectivity index (χ2v) is 6.45. The van der Waals surface area contributed by atoms with Gasteiger partial charge in [-0.2, -0.15) is 10.1 Å². The van der Waals surface area contributed by atoms with Crippen molar-refractivity contribution < 1.29 is 9.18 Å². The van der Waals surface area contributed by atoms with Gasteiger partial charge in [-0.25, -0.2) is 9.07 Å².